The molecule has 298 valence electrons. The number of benzene rings is 2. The van der Waals surface area contributed by atoms with Gasteiger partial charge in [0.25, 0.3) is 5.56 Å². The Balaban J connectivity index is 1.16. The highest BCUT2D eigenvalue weighted by Crippen LogP contribution is 2.65. The highest BCUT2D eigenvalue weighted by molar-refractivity contribution is 6.47. The Morgan fingerprint density at radius 2 is 1.82 bits per heavy atom. The van der Waals surface area contributed by atoms with Crippen molar-refractivity contribution in [2.75, 3.05) is 17.7 Å². The van der Waals surface area contributed by atoms with Crippen molar-refractivity contribution in [2.24, 2.45) is 17.3 Å². The van der Waals surface area contributed by atoms with Crippen LogP contribution in [0.3, 0.4) is 0 Å². The molecule has 1 saturated heterocycles. The van der Waals surface area contributed by atoms with Gasteiger partial charge in [-0.3, -0.25) is 19.0 Å². The number of ether oxygens (including phenoxy) is 1. The molecule has 3 N–H and O–H groups in total. The molecule has 3 saturated carbocycles. The third-order valence-electron chi connectivity index (χ3n) is 12.8. The first kappa shape index (κ1) is 39.5. The lowest BCUT2D eigenvalue weighted by atomic mass is 9.43. The molecule has 3 aliphatic carbocycles. The van der Waals surface area contributed by atoms with Crippen molar-refractivity contribution in [3.8, 4) is 0 Å². The summed E-state index contributed by atoms with van der Waals surface area (Å²) >= 11 is 0. The van der Waals surface area contributed by atoms with Gasteiger partial charge in [0, 0.05) is 18.4 Å². The van der Waals surface area contributed by atoms with Crippen LogP contribution in [0.1, 0.15) is 100 Å². The summed E-state index contributed by atoms with van der Waals surface area (Å²) in [7, 11) is 0.525. The minimum atomic E-state index is -4.54. The second-order valence-electron chi connectivity index (χ2n) is 16.6. The molecule has 3 heterocycles. The van der Waals surface area contributed by atoms with Crippen molar-refractivity contribution < 1.29 is 41.6 Å². The Morgan fingerprint density at radius 3 is 2.52 bits per heavy atom. The lowest BCUT2D eigenvalue weighted by Crippen LogP contribution is -2.65. The number of nitrogens with one attached hydrogen (secondary N) is 3. The Labute approximate surface area is 323 Å². The smallest absolute Gasteiger partial charge is 0.465 e. The summed E-state index contributed by atoms with van der Waals surface area (Å²) in [4.78, 5) is 59.3. The van der Waals surface area contributed by atoms with E-state index in [2.05, 4.69) is 41.7 Å². The lowest BCUT2D eigenvalue weighted by Gasteiger charge is -2.64. The van der Waals surface area contributed by atoms with Crippen molar-refractivity contribution >= 4 is 36.3 Å². The number of carbonyl (C=O) groups excluding carboxylic acids is 3. The van der Waals surface area contributed by atoms with Gasteiger partial charge in [-0.15, -0.1) is 0 Å². The number of esters is 1. The number of halogens is 3. The molecule has 4 fully saturated rings. The topological polar surface area (TPSA) is 150 Å². The van der Waals surface area contributed by atoms with E-state index < -0.39 is 65.2 Å². The number of rotatable bonds is 11. The van der Waals surface area contributed by atoms with E-state index in [1.54, 1.807) is 25.1 Å². The Morgan fingerprint density at radius 1 is 1.07 bits per heavy atom. The zero-order valence-electron chi connectivity index (χ0n) is 32.3. The summed E-state index contributed by atoms with van der Waals surface area (Å²) in [5.41, 5.74) is -2.32. The van der Waals surface area contributed by atoms with Crippen LogP contribution in [-0.4, -0.2) is 59.2 Å². The van der Waals surface area contributed by atoms with E-state index in [1.807, 2.05) is 6.92 Å². The minimum Gasteiger partial charge on any atom is -0.465 e. The van der Waals surface area contributed by atoms with Crippen LogP contribution in [0.4, 0.5) is 24.5 Å². The standard InChI is InChI=1S/C40H47BF3N5O7/c1-7-31(41-55-30-17-24-16-29(37(24,2)3)39(30,5)56-41)48-33(51)28-18-38(4,19-32(50)47-26-14-9-8-13-25(26)35(53)54-6)36-46-21-27(34(52)49(28)36)45-20-22-11-10-12-23(15-22)40(42,43)44/h8-15,21,24,28-31,45H,7,16-20H2,1-6H3,(H,47,50)(H,48,51)/t24-,28-,29-,30+,31-,38-,39-/m0/s1. The van der Waals surface area contributed by atoms with E-state index in [4.69, 9.17) is 14.0 Å². The number of alkyl halides is 3. The van der Waals surface area contributed by atoms with Crippen LogP contribution < -0.4 is 21.5 Å². The summed E-state index contributed by atoms with van der Waals surface area (Å²) in [6, 6.07) is 10.0. The van der Waals surface area contributed by atoms with Crippen LogP contribution in [0.15, 0.2) is 59.5 Å². The monoisotopic (exact) mass is 777 g/mol. The van der Waals surface area contributed by atoms with Crippen LogP contribution in [0, 0.1) is 17.3 Å². The zero-order valence-corrected chi connectivity index (χ0v) is 32.3. The molecule has 12 nitrogen and oxygen atoms in total. The van der Waals surface area contributed by atoms with Crippen LogP contribution in [-0.2, 0) is 41.8 Å². The fourth-order valence-electron chi connectivity index (χ4n) is 9.49. The van der Waals surface area contributed by atoms with E-state index in [0.717, 1.165) is 25.0 Å². The molecule has 0 spiro atoms. The largest absolute Gasteiger partial charge is 0.481 e. The Bertz CT molecular complexity index is 2110. The van der Waals surface area contributed by atoms with Gasteiger partial charge in [0.1, 0.15) is 17.6 Å². The fourth-order valence-corrected chi connectivity index (χ4v) is 9.49. The second kappa shape index (κ2) is 14.4. The molecule has 16 heteroatoms. The first-order chi connectivity index (χ1) is 26.4. The van der Waals surface area contributed by atoms with Gasteiger partial charge in [-0.05, 0) is 79.7 Å². The molecule has 0 unspecified atom stereocenters. The number of hydrogen-bond donors (Lipinski definition) is 3. The Kier molecular flexibility index (Phi) is 10.1. The second-order valence-corrected chi connectivity index (χ2v) is 16.6. The van der Waals surface area contributed by atoms with E-state index in [-0.39, 0.29) is 59.2 Å². The predicted molar refractivity (Wildman–Crippen MR) is 202 cm³/mol. The van der Waals surface area contributed by atoms with E-state index in [0.29, 0.717) is 18.3 Å². The average molecular weight is 778 g/mol. The number of para-hydroxylation sites is 1. The van der Waals surface area contributed by atoms with Crippen LogP contribution in [0.25, 0.3) is 0 Å². The van der Waals surface area contributed by atoms with Crippen molar-refractivity contribution in [3.05, 3.63) is 87.6 Å². The third-order valence-corrected chi connectivity index (χ3v) is 12.8. The number of carbonyl (C=O) groups is 3. The van der Waals surface area contributed by atoms with Crippen molar-refractivity contribution in [1.29, 1.82) is 0 Å². The van der Waals surface area contributed by atoms with Gasteiger partial charge in [-0.2, -0.15) is 13.2 Å². The molecule has 2 aromatic carbocycles. The number of hydrogen-bond acceptors (Lipinski definition) is 9. The predicted octanol–water partition coefficient (Wildman–Crippen LogP) is 6.05. The normalized spacial score (nSPS) is 27.7. The summed E-state index contributed by atoms with van der Waals surface area (Å²) < 4.78 is 59.5. The molecule has 2 aliphatic heterocycles. The summed E-state index contributed by atoms with van der Waals surface area (Å²) in [6.07, 6.45) is -1.15. The quantitative estimate of drug-likeness (QED) is 0.156. The summed E-state index contributed by atoms with van der Waals surface area (Å²) in [5, 5.41) is 8.77. The molecule has 2 bridgehead atoms. The molecule has 56 heavy (non-hydrogen) atoms. The third kappa shape index (κ3) is 6.88. The molecule has 5 aliphatic rings. The minimum absolute atomic E-state index is 0.0192. The van der Waals surface area contributed by atoms with Crippen LogP contribution in [0.5, 0.6) is 0 Å². The van der Waals surface area contributed by atoms with E-state index in [9.17, 15) is 32.3 Å². The van der Waals surface area contributed by atoms with Gasteiger partial charge < -0.3 is 30.0 Å². The Hall–Kier alpha value is -4.70. The molecule has 8 rings (SSSR count). The summed E-state index contributed by atoms with van der Waals surface area (Å²) in [5.74, 6) is -1.13. The number of methoxy groups -OCH3 is 1. The van der Waals surface area contributed by atoms with E-state index >= 15 is 0 Å². The highest BCUT2D eigenvalue weighted by Gasteiger charge is 2.68. The van der Waals surface area contributed by atoms with Crippen molar-refractivity contribution in [3.63, 3.8) is 0 Å². The highest BCUT2D eigenvalue weighted by atomic mass is 19.4. The SMILES string of the molecule is CC[C@H](NC(=O)[C@@H]1C[C@@](C)(CC(=O)Nc2ccccc2C(=O)OC)c2ncc(NCc3cccc(C(F)(F)F)c3)c(=O)n21)B1O[C@@H]2C[C@@H]3C[C@@H](C3(C)C)[C@]2(C)O1. The number of fused-ring (bicyclic) bond motifs is 1. The molecule has 7 atom stereocenters. The molecule has 3 aromatic rings. The maximum Gasteiger partial charge on any atom is 0.481 e. The number of anilines is 2. The first-order valence-electron chi connectivity index (χ1n) is 19.0. The molecule has 2 amide bonds. The van der Waals surface area contributed by atoms with Gasteiger partial charge in [-0.1, -0.05) is 52.0 Å². The number of amides is 2. The van der Waals surface area contributed by atoms with Gasteiger partial charge in [0.2, 0.25) is 11.8 Å². The lowest BCUT2D eigenvalue weighted by molar-refractivity contribution is -0.199. The molecular formula is C40H47BF3N5O7. The summed E-state index contributed by atoms with van der Waals surface area (Å²) in [6.45, 7) is 10.2. The van der Waals surface area contributed by atoms with Crippen molar-refractivity contribution in [2.45, 2.75) is 109 Å². The van der Waals surface area contributed by atoms with Gasteiger partial charge in [-0.25, -0.2) is 9.78 Å². The van der Waals surface area contributed by atoms with Gasteiger partial charge in [0.05, 0.1) is 47.8 Å². The fraction of sp³-hybridized carbons (Fsp3) is 0.525. The zero-order chi connectivity index (χ0) is 40.4. The first-order valence-corrected chi connectivity index (χ1v) is 19.0. The van der Waals surface area contributed by atoms with Crippen LogP contribution in [0.2, 0.25) is 0 Å². The average Bonchev–Trinajstić information content (AvgIpc) is 3.67. The molecular weight excluding hydrogens is 730 g/mol. The van der Waals surface area contributed by atoms with Crippen LogP contribution >= 0.6 is 0 Å². The maximum atomic E-state index is 14.4. The maximum absolute atomic E-state index is 14.4. The molecule has 1 aromatic heterocycles. The number of nitrogens with zero attached hydrogens (tertiary/aromatic N) is 2. The van der Waals surface area contributed by atoms with Gasteiger partial charge >= 0.3 is 19.3 Å². The van der Waals surface area contributed by atoms with E-state index in [1.165, 1.54) is 36.1 Å². The van der Waals surface area contributed by atoms with Gasteiger partial charge in [0.15, 0.2) is 0 Å². The molecule has 0 radical (unpaired) electrons. The number of aromatic nitrogens is 2. The van der Waals surface area contributed by atoms with Crippen molar-refractivity contribution in [1.82, 2.24) is 14.9 Å².